The molecule has 2 saturated heterocycles. The molecule has 0 aromatic rings. The Kier molecular flexibility index (Phi) is 13.5. The van der Waals surface area contributed by atoms with E-state index >= 15 is 0 Å². The average Bonchev–Trinajstić information content (AvgIpc) is 3.66. The lowest BCUT2D eigenvalue weighted by Crippen LogP contribution is -2.71. The van der Waals surface area contributed by atoms with Crippen LogP contribution in [0.15, 0.2) is 12.2 Å². The second kappa shape index (κ2) is 17.7. The van der Waals surface area contributed by atoms with Crippen LogP contribution in [-0.2, 0) is 38.2 Å². The Morgan fingerprint density at radius 1 is 0.860 bits per heavy atom. The second-order valence-corrected chi connectivity index (χ2v) is 20.1. The SMILES string of the molecule is CCC/C=C/C(CCC(CCCCCCCCC(=O)O)CC1C(C(C)C)C2CC3C4(C)CCCC(C)(C(=O)O)C4CCC13C1C(=O)OC(=O)C21)C1CC(=O)OC1=O. The molecule has 7 rings (SSSR count). The van der Waals surface area contributed by atoms with Gasteiger partial charge in [-0.15, -0.1) is 0 Å². The molecule has 5 aliphatic carbocycles. The van der Waals surface area contributed by atoms with Crippen LogP contribution in [0.4, 0.5) is 0 Å². The van der Waals surface area contributed by atoms with E-state index in [1.807, 2.05) is 6.92 Å². The molecule has 2 aliphatic heterocycles. The summed E-state index contributed by atoms with van der Waals surface area (Å²) < 4.78 is 10.7. The van der Waals surface area contributed by atoms with Crippen molar-refractivity contribution in [2.24, 2.45) is 81.3 Å². The van der Waals surface area contributed by atoms with Gasteiger partial charge in [0.1, 0.15) is 0 Å². The summed E-state index contributed by atoms with van der Waals surface area (Å²) in [6, 6.07) is 0. The third kappa shape index (κ3) is 8.14. The van der Waals surface area contributed by atoms with Crippen LogP contribution in [-0.4, -0.2) is 46.0 Å². The van der Waals surface area contributed by atoms with E-state index in [-0.39, 0.29) is 77.5 Å². The fourth-order valence-corrected chi connectivity index (χ4v) is 14.5. The Balaban J connectivity index is 1.33. The number of unbranched alkanes of at least 4 members (excludes halogenated alkanes) is 6. The van der Waals surface area contributed by atoms with E-state index < -0.39 is 52.5 Å². The molecule has 10 heteroatoms. The van der Waals surface area contributed by atoms with Gasteiger partial charge >= 0.3 is 35.8 Å². The molecular formula is C47H70O10. The van der Waals surface area contributed by atoms with E-state index in [2.05, 4.69) is 39.8 Å². The minimum atomic E-state index is -0.830. The second-order valence-electron chi connectivity index (χ2n) is 20.1. The molecule has 7 fully saturated rings. The maximum atomic E-state index is 14.1. The number of carbonyl (C=O) groups excluding carboxylic acids is 4. The largest absolute Gasteiger partial charge is 0.481 e. The molecule has 2 N–H and O–H groups in total. The van der Waals surface area contributed by atoms with Crippen LogP contribution in [0.3, 0.4) is 0 Å². The topological polar surface area (TPSA) is 161 Å². The monoisotopic (exact) mass is 794 g/mol. The number of allylic oxidation sites excluding steroid dienone is 2. The number of hydrogen-bond acceptors (Lipinski definition) is 8. The first-order chi connectivity index (χ1) is 27.1. The van der Waals surface area contributed by atoms with E-state index in [1.165, 1.54) is 0 Å². The predicted molar refractivity (Wildman–Crippen MR) is 213 cm³/mol. The first-order valence-electron chi connectivity index (χ1n) is 22.7. The molecule has 1 spiro atoms. The number of fused-ring (bicyclic) bond motifs is 2. The molecule has 7 aliphatic rings. The molecule has 0 amide bonds. The number of cyclic esters (lactones) is 4. The third-order valence-electron chi connectivity index (χ3n) is 16.8. The first-order valence-corrected chi connectivity index (χ1v) is 22.7. The van der Waals surface area contributed by atoms with Gasteiger partial charge in [0.2, 0.25) is 0 Å². The highest BCUT2D eigenvalue weighted by Gasteiger charge is 2.77. The van der Waals surface area contributed by atoms with Crippen molar-refractivity contribution >= 4 is 35.8 Å². The van der Waals surface area contributed by atoms with Crippen LogP contribution in [0.1, 0.15) is 163 Å². The minimum absolute atomic E-state index is 0.00476. The molecule has 13 atom stereocenters. The molecule has 2 bridgehead atoms. The van der Waals surface area contributed by atoms with Gasteiger partial charge in [-0.2, -0.15) is 0 Å². The Bertz CT molecular complexity index is 1570. The van der Waals surface area contributed by atoms with Crippen LogP contribution >= 0.6 is 0 Å². The molecule has 5 saturated carbocycles. The zero-order valence-corrected chi connectivity index (χ0v) is 35.3. The number of carboxylic acids is 2. The molecule has 0 aromatic heterocycles. The zero-order chi connectivity index (χ0) is 41.3. The summed E-state index contributed by atoms with van der Waals surface area (Å²) in [5.41, 5.74) is -1.58. The molecular weight excluding hydrogens is 725 g/mol. The van der Waals surface area contributed by atoms with E-state index in [4.69, 9.17) is 14.6 Å². The Morgan fingerprint density at radius 3 is 2.23 bits per heavy atom. The smallest absolute Gasteiger partial charge is 0.318 e. The molecule has 2 heterocycles. The van der Waals surface area contributed by atoms with Gasteiger partial charge in [0.25, 0.3) is 0 Å². The van der Waals surface area contributed by atoms with Crippen LogP contribution in [0, 0.1) is 81.3 Å². The van der Waals surface area contributed by atoms with Crippen molar-refractivity contribution in [2.75, 3.05) is 0 Å². The van der Waals surface area contributed by atoms with Crippen LogP contribution in [0.25, 0.3) is 0 Å². The first kappa shape index (κ1) is 43.5. The van der Waals surface area contributed by atoms with E-state index in [1.54, 1.807) is 0 Å². The lowest BCUT2D eigenvalue weighted by molar-refractivity contribution is -0.264. The van der Waals surface area contributed by atoms with Crippen molar-refractivity contribution in [3.8, 4) is 0 Å². The number of esters is 4. The Labute approximate surface area is 340 Å². The van der Waals surface area contributed by atoms with Gasteiger partial charge in [0.15, 0.2) is 0 Å². The van der Waals surface area contributed by atoms with Crippen molar-refractivity contribution in [2.45, 2.75) is 163 Å². The van der Waals surface area contributed by atoms with Gasteiger partial charge in [-0.05, 0) is 129 Å². The van der Waals surface area contributed by atoms with Gasteiger partial charge < -0.3 is 19.7 Å². The fourth-order valence-electron chi connectivity index (χ4n) is 14.5. The highest BCUT2D eigenvalue weighted by Crippen LogP contribution is 2.78. The van der Waals surface area contributed by atoms with Gasteiger partial charge in [-0.1, -0.05) is 91.2 Å². The summed E-state index contributed by atoms with van der Waals surface area (Å²) in [6.07, 6.45) is 20.3. The van der Waals surface area contributed by atoms with E-state index in [0.29, 0.717) is 12.8 Å². The highest BCUT2D eigenvalue weighted by atomic mass is 16.6. The third-order valence-corrected chi connectivity index (χ3v) is 16.8. The number of aliphatic carboxylic acids is 2. The standard InChI is InChI=1S/C47H70O10/c1-6-7-12-17-30(31-27-37(50)56-41(31)51)20-19-29(16-13-10-8-9-11-14-18-36(48)49)25-33-38(28(2)3)32-26-35-45(4)22-15-23-46(5,44(54)55)34(45)21-24-47(33,35)40-39(32)42(52)57-43(40)53/h12,17,28-35,38-40H,6-11,13-16,18-27H2,1-5H3,(H,48,49)(H,54,55)/b17-12+. The van der Waals surface area contributed by atoms with Crippen molar-refractivity contribution in [1.82, 2.24) is 0 Å². The summed E-state index contributed by atoms with van der Waals surface area (Å²) in [7, 11) is 0. The highest BCUT2D eigenvalue weighted by molar-refractivity contribution is 5.98. The van der Waals surface area contributed by atoms with Crippen molar-refractivity contribution in [3.63, 3.8) is 0 Å². The average molecular weight is 795 g/mol. The summed E-state index contributed by atoms with van der Waals surface area (Å²) in [5.74, 6) is -3.60. The lowest BCUT2D eigenvalue weighted by Gasteiger charge is -2.73. The fraction of sp³-hybridized carbons (Fsp3) is 0.830. The van der Waals surface area contributed by atoms with Crippen molar-refractivity contribution < 1.29 is 48.5 Å². The van der Waals surface area contributed by atoms with Crippen LogP contribution < -0.4 is 0 Å². The van der Waals surface area contributed by atoms with Gasteiger partial charge in [-0.25, -0.2) is 0 Å². The number of carboxylic acid groups (broad SMARTS) is 2. The van der Waals surface area contributed by atoms with Crippen molar-refractivity contribution in [3.05, 3.63) is 12.2 Å². The zero-order valence-electron chi connectivity index (χ0n) is 35.3. The Hall–Kier alpha value is -3.04. The molecule has 57 heavy (non-hydrogen) atoms. The summed E-state index contributed by atoms with van der Waals surface area (Å²) in [6.45, 7) is 10.9. The van der Waals surface area contributed by atoms with E-state index in [9.17, 15) is 33.9 Å². The van der Waals surface area contributed by atoms with Gasteiger partial charge in [0.05, 0.1) is 29.6 Å². The summed E-state index contributed by atoms with van der Waals surface area (Å²) >= 11 is 0. The molecule has 10 nitrogen and oxygen atoms in total. The summed E-state index contributed by atoms with van der Waals surface area (Å²) in [5, 5.41) is 19.7. The quantitative estimate of drug-likeness (QED) is 0.0526. The number of hydrogen-bond donors (Lipinski definition) is 2. The normalized spacial score (nSPS) is 38.1. The molecule has 13 unspecified atom stereocenters. The van der Waals surface area contributed by atoms with Gasteiger partial charge in [0, 0.05) is 6.42 Å². The molecule has 0 aromatic carbocycles. The predicted octanol–water partition coefficient (Wildman–Crippen LogP) is 9.57. The minimum Gasteiger partial charge on any atom is -0.481 e. The number of rotatable bonds is 20. The Morgan fingerprint density at radius 2 is 1.58 bits per heavy atom. The number of carbonyl (C=O) groups is 6. The number of ether oxygens (including phenoxy) is 2. The maximum Gasteiger partial charge on any atom is 0.318 e. The van der Waals surface area contributed by atoms with Crippen LogP contribution in [0.5, 0.6) is 0 Å². The maximum absolute atomic E-state index is 14.1. The van der Waals surface area contributed by atoms with Gasteiger partial charge in [-0.3, -0.25) is 28.8 Å². The lowest BCUT2D eigenvalue weighted by atomic mass is 9.29. The van der Waals surface area contributed by atoms with Crippen molar-refractivity contribution in [1.29, 1.82) is 0 Å². The van der Waals surface area contributed by atoms with Crippen LogP contribution in [0.2, 0.25) is 0 Å². The molecule has 0 radical (unpaired) electrons. The molecule has 318 valence electrons. The summed E-state index contributed by atoms with van der Waals surface area (Å²) in [4.78, 5) is 77.0. The van der Waals surface area contributed by atoms with E-state index in [0.717, 1.165) is 103 Å².